The van der Waals surface area contributed by atoms with Gasteiger partial charge in [0.2, 0.25) is 5.95 Å². The quantitative estimate of drug-likeness (QED) is 0.762. The highest BCUT2D eigenvalue weighted by atomic mass is 16.3. The summed E-state index contributed by atoms with van der Waals surface area (Å²) in [5, 5.41) is 3.47. The van der Waals surface area contributed by atoms with Gasteiger partial charge < -0.3 is 4.42 Å². The Morgan fingerprint density at radius 1 is 1.21 bits per heavy atom. The van der Waals surface area contributed by atoms with Crippen molar-refractivity contribution >= 4 is 22.8 Å². The average molecular weight is 253 g/mol. The zero-order chi connectivity index (χ0) is 13.2. The molecular weight excluding hydrogens is 242 g/mol. The SMILES string of the molecule is Cc1ccc2cc(C(=O)Nc3ncccn3)oc2c1. The standard InChI is InChI=1S/C14H11N3O2/c1-9-3-4-10-8-12(19-11(10)7-9)13(18)17-14-15-5-2-6-16-14/h2-8H,1H3,(H,15,16,17,18). The number of nitrogens with one attached hydrogen (secondary N) is 1. The molecule has 0 spiro atoms. The lowest BCUT2D eigenvalue weighted by molar-refractivity contribution is 0.0998. The molecule has 0 aliphatic carbocycles. The summed E-state index contributed by atoms with van der Waals surface area (Å²) >= 11 is 0. The van der Waals surface area contributed by atoms with Crippen LogP contribution in [-0.2, 0) is 0 Å². The van der Waals surface area contributed by atoms with Crippen LogP contribution in [0.25, 0.3) is 11.0 Å². The summed E-state index contributed by atoms with van der Waals surface area (Å²) in [5.41, 5.74) is 1.78. The van der Waals surface area contributed by atoms with E-state index in [1.807, 2.05) is 25.1 Å². The molecule has 0 bridgehead atoms. The van der Waals surface area contributed by atoms with Crippen LogP contribution in [0, 0.1) is 6.92 Å². The van der Waals surface area contributed by atoms with E-state index in [4.69, 9.17) is 4.42 Å². The Hall–Kier alpha value is -2.69. The second kappa shape index (κ2) is 4.53. The van der Waals surface area contributed by atoms with Crippen LogP contribution >= 0.6 is 0 Å². The molecule has 3 rings (SSSR count). The van der Waals surface area contributed by atoms with Gasteiger partial charge in [-0.1, -0.05) is 12.1 Å². The van der Waals surface area contributed by atoms with Gasteiger partial charge in [0.05, 0.1) is 0 Å². The third kappa shape index (κ3) is 2.30. The molecule has 1 aromatic carbocycles. The number of benzene rings is 1. The lowest BCUT2D eigenvalue weighted by Crippen LogP contribution is -2.12. The highest BCUT2D eigenvalue weighted by molar-refractivity contribution is 6.03. The zero-order valence-corrected chi connectivity index (χ0v) is 10.3. The molecule has 1 amide bonds. The van der Waals surface area contributed by atoms with Crippen molar-refractivity contribution in [3.8, 4) is 0 Å². The lowest BCUT2D eigenvalue weighted by atomic mass is 10.2. The fourth-order valence-corrected chi connectivity index (χ4v) is 1.78. The van der Waals surface area contributed by atoms with Crippen molar-refractivity contribution in [1.29, 1.82) is 0 Å². The molecule has 0 atom stereocenters. The van der Waals surface area contributed by atoms with Crippen LogP contribution in [-0.4, -0.2) is 15.9 Å². The number of nitrogens with zero attached hydrogens (tertiary/aromatic N) is 2. The van der Waals surface area contributed by atoms with E-state index >= 15 is 0 Å². The first kappa shape index (κ1) is 11.4. The van der Waals surface area contributed by atoms with Crippen molar-refractivity contribution in [2.24, 2.45) is 0 Å². The Kier molecular flexibility index (Phi) is 2.72. The molecule has 3 aromatic rings. The number of hydrogen-bond acceptors (Lipinski definition) is 4. The van der Waals surface area contributed by atoms with Crippen LogP contribution in [0.5, 0.6) is 0 Å². The predicted octanol–water partition coefficient (Wildman–Crippen LogP) is 2.78. The van der Waals surface area contributed by atoms with Crippen molar-refractivity contribution < 1.29 is 9.21 Å². The highest BCUT2D eigenvalue weighted by Gasteiger charge is 2.13. The normalized spacial score (nSPS) is 10.6. The van der Waals surface area contributed by atoms with E-state index in [0.29, 0.717) is 5.58 Å². The number of carbonyl (C=O) groups excluding carboxylic acids is 1. The molecule has 1 N–H and O–H groups in total. The highest BCUT2D eigenvalue weighted by Crippen LogP contribution is 2.21. The number of rotatable bonds is 2. The van der Waals surface area contributed by atoms with Crippen LogP contribution in [0.3, 0.4) is 0 Å². The van der Waals surface area contributed by atoms with Gasteiger partial charge in [0.15, 0.2) is 5.76 Å². The van der Waals surface area contributed by atoms with E-state index in [9.17, 15) is 4.79 Å². The third-order valence-corrected chi connectivity index (χ3v) is 2.69. The van der Waals surface area contributed by atoms with Crippen molar-refractivity contribution in [2.75, 3.05) is 5.32 Å². The van der Waals surface area contributed by atoms with Gasteiger partial charge >= 0.3 is 0 Å². The number of anilines is 1. The van der Waals surface area contributed by atoms with Gasteiger partial charge in [-0.3, -0.25) is 10.1 Å². The molecule has 19 heavy (non-hydrogen) atoms. The van der Waals surface area contributed by atoms with Gasteiger partial charge in [-0.2, -0.15) is 0 Å². The first-order valence-electron chi connectivity index (χ1n) is 5.81. The second-order valence-corrected chi connectivity index (χ2v) is 4.18. The Morgan fingerprint density at radius 3 is 2.79 bits per heavy atom. The number of amides is 1. The predicted molar refractivity (Wildman–Crippen MR) is 70.9 cm³/mol. The molecule has 0 aliphatic rings. The van der Waals surface area contributed by atoms with E-state index in [1.165, 1.54) is 0 Å². The molecule has 2 aromatic heterocycles. The fraction of sp³-hybridized carbons (Fsp3) is 0.0714. The molecule has 2 heterocycles. The van der Waals surface area contributed by atoms with Crippen molar-refractivity contribution in [3.63, 3.8) is 0 Å². The first-order chi connectivity index (χ1) is 9.22. The van der Waals surface area contributed by atoms with Gasteiger partial charge in [-0.05, 0) is 30.7 Å². The topological polar surface area (TPSA) is 68.0 Å². The molecule has 94 valence electrons. The van der Waals surface area contributed by atoms with Crippen molar-refractivity contribution in [1.82, 2.24) is 9.97 Å². The number of hydrogen-bond donors (Lipinski definition) is 1. The lowest BCUT2D eigenvalue weighted by Gasteiger charge is -1.99. The summed E-state index contributed by atoms with van der Waals surface area (Å²) in [6.45, 7) is 1.97. The Labute approximate surface area is 109 Å². The summed E-state index contributed by atoms with van der Waals surface area (Å²) in [7, 11) is 0. The molecule has 0 aliphatic heterocycles. The zero-order valence-electron chi connectivity index (χ0n) is 10.3. The van der Waals surface area contributed by atoms with Gasteiger partial charge in [-0.15, -0.1) is 0 Å². The molecule has 0 fully saturated rings. The van der Waals surface area contributed by atoms with Crippen LogP contribution < -0.4 is 5.32 Å². The average Bonchev–Trinajstić information content (AvgIpc) is 2.83. The molecule has 0 unspecified atom stereocenters. The Balaban J connectivity index is 1.89. The molecule has 5 heteroatoms. The summed E-state index contributed by atoms with van der Waals surface area (Å²) in [6.07, 6.45) is 3.12. The monoisotopic (exact) mass is 253 g/mol. The number of furan rings is 1. The summed E-state index contributed by atoms with van der Waals surface area (Å²) in [4.78, 5) is 19.8. The van der Waals surface area contributed by atoms with Crippen LogP contribution in [0.2, 0.25) is 0 Å². The maximum absolute atomic E-state index is 12.0. The number of aromatic nitrogens is 2. The van der Waals surface area contributed by atoms with Gasteiger partial charge in [0.25, 0.3) is 5.91 Å². The molecule has 5 nitrogen and oxygen atoms in total. The van der Waals surface area contributed by atoms with Crippen molar-refractivity contribution in [2.45, 2.75) is 6.92 Å². The van der Waals surface area contributed by atoms with E-state index in [1.54, 1.807) is 24.5 Å². The van der Waals surface area contributed by atoms with Gasteiger partial charge in [-0.25, -0.2) is 9.97 Å². The van der Waals surface area contributed by atoms with E-state index in [-0.39, 0.29) is 17.6 Å². The largest absolute Gasteiger partial charge is 0.451 e. The summed E-state index contributed by atoms with van der Waals surface area (Å²) < 4.78 is 5.52. The van der Waals surface area contributed by atoms with Gasteiger partial charge in [0, 0.05) is 17.8 Å². The number of fused-ring (bicyclic) bond motifs is 1. The minimum absolute atomic E-state index is 0.244. The maximum atomic E-state index is 12.0. The van der Waals surface area contributed by atoms with Crippen LogP contribution in [0.1, 0.15) is 16.1 Å². The smallest absolute Gasteiger partial charge is 0.293 e. The minimum Gasteiger partial charge on any atom is -0.451 e. The van der Waals surface area contributed by atoms with E-state index in [0.717, 1.165) is 10.9 Å². The molecular formula is C14H11N3O2. The summed E-state index contributed by atoms with van der Waals surface area (Å²) in [5.74, 6) is 0.136. The maximum Gasteiger partial charge on any atom is 0.293 e. The van der Waals surface area contributed by atoms with Crippen molar-refractivity contribution in [3.05, 3.63) is 54.0 Å². The third-order valence-electron chi connectivity index (χ3n) is 2.69. The Morgan fingerprint density at radius 2 is 2.00 bits per heavy atom. The molecule has 0 radical (unpaired) electrons. The molecule has 0 saturated heterocycles. The van der Waals surface area contributed by atoms with E-state index in [2.05, 4.69) is 15.3 Å². The first-order valence-corrected chi connectivity index (χ1v) is 5.81. The fourth-order valence-electron chi connectivity index (χ4n) is 1.78. The molecule has 0 saturated carbocycles. The number of aryl methyl sites for hydroxylation is 1. The summed E-state index contributed by atoms with van der Waals surface area (Å²) in [6, 6.07) is 9.17. The Bertz CT molecular complexity index is 735. The second-order valence-electron chi connectivity index (χ2n) is 4.18. The van der Waals surface area contributed by atoms with Crippen LogP contribution in [0.4, 0.5) is 5.95 Å². The van der Waals surface area contributed by atoms with E-state index < -0.39 is 0 Å². The van der Waals surface area contributed by atoms with Crippen LogP contribution in [0.15, 0.2) is 47.1 Å². The van der Waals surface area contributed by atoms with Gasteiger partial charge in [0.1, 0.15) is 5.58 Å². The minimum atomic E-state index is -0.361. The number of carbonyl (C=O) groups is 1.